The molecule has 0 bridgehead atoms. The van der Waals surface area contributed by atoms with E-state index in [0.717, 1.165) is 11.5 Å². The van der Waals surface area contributed by atoms with Crippen LogP contribution in [0.15, 0.2) is 12.1 Å². The Labute approximate surface area is 95.2 Å². The molecule has 0 aromatic carbocycles. The molecule has 88 valence electrons. The standard InChI is InChI=1S/C11H17N3O2/c1-8-4-5-10(14-13-8)12-6-9-7-15-11(2,3)16-9/h4-5,9H,6-7H2,1-3H3,(H,12,14). The summed E-state index contributed by atoms with van der Waals surface area (Å²) in [5.74, 6) is 0.296. The molecule has 1 unspecified atom stereocenters. The Morgan fingerprint density at radius 2 is 2.25 bits per heavy atom. The van der Waals surface area contributed by atoms with E-state index < -0.39 is 5.79 Å². The van der Waals surface area contributed by atoms with Crippen LogP contribution in [0.1, 0.15) is 19.5 Å². The SMILES string of the molecule is Cc1ccc(NCC2COC(C)(C)O2)nn1. The third-order valence-corrected chi connectivity index (χ3v) is 2.38. The number of nitrogens with zero attached hydrogens (tertiary/aromatic N) is 2. The van der Waals surface area contributed by atoms with E-state index >= 15 is 0 Å². The van der Waals surface area contributed by atoms with Crippen molar-refractivity contribution in [2.75, 3.05) is 18.5 Å². The first-order valence-electron chi connectivity index (χ1n) is 5.41. The molecule has 2 rings (SSSR count). The van der Waals surface area contributed by atoms with Gasteiger partial charge in [-0.1, -0.05) is 0 Å². The Hall–Kier alpha value is -1.20. The summed E-state index contributed by atoms with van der Waals surface area (Å²) in [6.45, 7) is 7.03. The number of nitrogens with one attached hydrogen (secondary N) is 1. The zero-order valence-electron chi connectivity index (χ0n) is 9.86. The lowest BCUT2D eigenvalue weighted by atomic mass is 10.3. The van der Waals surface area contributed by atoms with Gasteiger partial charge in [-0.15, -0.1) is 5.10 Å². The van der Waals surface area contributed by atoms with E-state index in [1.54, 1.807) is 0 Å². The van der Waals surface area contributed by atoms with Crippen LogP contribution in [0.3, 0.4) is 0 Å². The van der Waals surface area contributed by atoms with E-state index in [0.29, 0.717) is 13.2 Å². The van der Waals surface area contributed by atoms with Crippen LogP contribution in [0.2, 0.25) is 0 Å². The fourth-order valence-electron chi connectivity index (χ4n) is 1.58. The average Bonchev–Trinajstić information content (AvgIpc) is 2.58. The van der Waals surface area contributed by atoms with E-state index in [1.807, 2.05) is 32.9 Å². The highest BCUT2D eigenvalue weighted by molar-refractivity contribution is 5.32. The second kappa shape index (κ2) is 4.35. The van der Waals surface area contributed by atoms with Crippen molar-refractivity contribution in [3.63, 3.8) is 0 Å². The van der Waals surface area contributed by atoms with Gasteiger partial charge in [0.2, 0.25) is 0 Å². The van der Waals surface area contributed by atoms with Crippen LogP contribution in [0.5, 0.6) is 0 Å². The van der Waals surface area contributed by atoms with Gasteiger partial charge in [-0.2, -0.15) is 5.10 Å². The Kier molecular flexibility index (Phi) is 3.07. The predicted molar refractivity (Wildman–Crippen MR) is 60.2 cm³/mol. The van der Waals surface area contributed by atoms with Crippen molar-refractivity contribution >= 4 is 5.82 Å². The van der Waals surface area contributed by atoms with Crippen LogP contribution in [-0.4, -0.2) is 35.2 Å². The summed E-state index contributed by atoms with van der Waals surface area (Å²) in [5.41, 5.74) is 0.909. The van der Waals surface area contributed by atoms with E-state index in [2.05, 4.69) is 15.5 Å². The van der Waals surface area contributed by atoms with Crippen LogP contribution >= 0.6 is 0 Å². The number of aromatic nitrogens is 2. The Balaban J connectivity index is 1.82. The van der Waals surface area contributed by atoms with Crippen molar-refractivity contribution in [2.45, 2.75) is 32.7 Å². The third kappa shape index (κ3) is 2.90. The van der Waals surface area contributed by atoms with Gasteiger partial charge in [-0.3, -0.25) is 0 Å². The largest absolute Gasteiger partial charge is 0.366 e. The maximum absolute atomic E-state index is 5.66. The molecule has 2 heterocycles. The molecule has 1 fully saturated rings. The molecule has 1 saturated heterocycles. The van der Waals surface area contributed by atoms with Crippen LogP contribution in [-0.2, 0) is 9.47 Å². The van der Waals surface area contributed by atoms with Crippen LogP contribution < -0.4 is 5.32 Å². The van der Waals surface area contributed by atoms with Gasteiger partial charge >= 0.3 is 0 Å². The number of anilines is 1. The molecule has 1 N–H and O–H groups in total. The van der Waals surface area contributed by atoms with Gasteiger partial charge < -0.3 is 14.8 Å². The van der Waals surface area contributed by atoms with E-state index in [1.165, 1.54) is 0 Å². The zero-order chi connectivity index (χ0) is 11.6. The fourth-order valence-corrected chi connectivity index (χ4v) is 1.58. The van der Waals surface area contributed by atoms with Crippen LogP contribution in [0, 0.1) is 6.92 Å². The van der Waals surface area contributed by atoms with Crippen LogP contribution in [0.4, 0.5) is 5.82 Å². The lowest BCUT2D eigenvalue weighted by Gasteiger charge is -2.17. The quantitative estimate of drug-likeness (QED) is 0.838. The normalized spacial score (nSPS) is 23.3. The summed E-state index contributed by atoms with van der Waals surface area (Å²) in [6, 6.07) is 3.83. The Bertz CT molecular complexity index is 351. The fraction of sp³-hybridized carbons (Fsp3) is 0.636. The minimum absolute atomic E-state index is 0.0677. The first kappa shape index (κ1) is 11.3. The molecule has 5 heteroatoms. The van der Waals surface area contributed by atoms with Crippen molar-refractivity contribution in [3.05, 3.63) is 17.8 Å². The van der Waals surface area contributed by atoms with Crippen molar-refractivity contribution in [2.24, 2.45) is 0 Å². The monoisotopic (exact) mass is 223 g/mol. The van der Waals surface area contributed by atoms with Gasteiger partial charge in [-0.05, 0) is 32.9 Å². The molecule has 1 aliphatic rings. The molecule has 1 aliphatic heterocycles. The molecule has 1 aromatic heterocycles. The average molecular weight is 223 g/mol. The first-order valence-corrected chi connectivity index (χ1v) is 5.41. The van der Waals surface area contributed by atoms with Gasteiger partial charge in [0.05, 0.1) is 12.3 Å². The molecular formula is C11H17N3O2. The second-order valence-electron chi connectivity index (χ2n) is 4.39. The molecule has 0 saturated carbocycles. The van der Waals surface area contributed by atoms with Gasteiger partial charge in [0.15, 0.2) is 5.79 Å². The molecule has 16 heavy (non-hydrogen) atoms. The number of rotatable bonds is 3. The summed E-state index contributed by atoms with van der Waals surface area (Å²) in [5, 5.41) is 11.2. The number of ether oxygens (including phenoxy) is 2. The molecule has 5 nitrogen and oxygen atoms in total. The van der Waals surface area contributed by atoms with Crippen molar-refractivity contribution in [3.8, 4) is 0 Å². The number of aryl methyl sites for hydroxylation is 1. The minimum Gasteiger partial charge on any atom is -0.366 e. The van der Waals surface area contributed by atoms with Gasteiger partial charge in [-0.25, -0.2) is 0 Å². The lowest BCUT2D eigenvalue weighted by molar-refractivity contribution is -0.136. The minimum atomic E-state index is -0.467. The van der Waals surface area contributed by atoms with Crippen molar-refractivity contribution < 1.29 is 9.47 Å². The summed E-state index contributed by atoms with van der Waals surface area (Å²) in [4.78, 5) is 0. The maximum atomic E-state index is 5.66. The van der Waals surface area contributed by atoms with Crippen molar-refractivity contribution in [1.29, 1.82) is 0 Å². The highest BCUT2D eigenvalue weighted by atomic mass is 16.7. The molecule has 0 spiro atoms. The highest BCUT2D eigenvalue weighted by Crippen LogP contribution is 2.22. The van der Waals surface area contributed by atoms with E-state index in [4.69, 9.17) is 9.47 Å². The maximum Gasteiger partial charge on any atom is 0.163 e. The van der Waals surface area contributed by atoms with E-state index in [-0.39, 0.29) is 6.10 Å². The molecule has 1 aromatic rings. The summed E-state index contributed by atoms with van der Waals surface area (Å²) in [6.07, 6.45) is 0.0677. The molecule has 0 radical (unpaired) electrons. The summed E-state index contributed by atoms with van der Waals surface area (Å²) < 4.78 is 11.1. The third-order valence-electron chi connectivity index (χ3n) is 2.38. The highest BCUT2D eigenvalue weighted by Gasteiger charge is 2.32. The molecule has 1 atom stereocenters. The smallest absolute Gasteiger partial charge is 0.163 e. The summed E-state index contributed by atoms with van der Waals surface area (Å²) in [7, 11) is 0. The van der Waals surface area contributed by atoms with Crippen LogP contribution in [0.25, 0.3) is 0 Å². The predicted octanol–water partition coefficient (Wildman–Crippen LogP) is 1.35. The lowest BCUT2D eigenvalue weighted by Crippen LogP contribution is -2.26. The summed E-state index contributed by atoms with van der Waals surface area (Å²) >= 11 is 0. The first-order chi connectivity index (χ1) is 7.55. The number of hydrogen-bond donors (Lipinski definition) is 1. The van der Waals surface area contributed by atoms with E-state index in [9.17, 15) is 0 Å². The van der Waals surface area contributed by atoms with Gasteiger partial charge in [0.25, 0.3) is 0 Å². The number of hydrogen-bond acceptors (Lipinski definition) is 5. The van der Waals surface area contributed by atoms with Crippen molar-refractivity contribution in [1.82, 2.24) is 10.2 Å². The molecule has 0 aliphatic carbocycles. The zero-order valence-corrected chi connectivity index (χ0v) is 9.86. The van der Waals surface area contributed by atoms with Gasteiger partial charge in [0, 0.05) is 6.54 Å². The van der Waals surface area contributed by atoms with Gasteiger partial charge in [0.1, 0.15) is 11.9 Å². The second-order valence-corrected chi connectivity index (χ2v) is 4.39. The topological polar surface area (TPSA) is 56.3 Å². The molecule has 0 amide bonds. The Morgan fingerprint density at radius 1 is 1.44 bits per heavy atom. The Morgan fingerprint density at radius 3 is 2.81 bits per heavy atom. The molecular weight excluding hydrogens is 206 g/mol.